The van der Waals surface area contributed by atoms with Gasteiger partial charge in [0.25, 0.3) is 0 Å². The van der Waals surface area contributed by atoms with Gasteiger partial charge in [0.05, 0.1) is 12.3 Å². The SMILES string of the molecule is CCC(CO)N1CCN(C(=O)Nc2ccc(F)c(F)c2F)CC1. The fraction of sp³-hybridized carbons (Fsp3) is 0.533. The van der Waals surface area contributed by atoms with E-state index >= 15 is 0 Å². The Labute approximate surface area is 132 Å². The Balaban J connectivity index is 1.94. The lowest BCUT2D eigenvalue weighted by Crippen LogP contribution is -2.53. The van der Waals surface area contributed by atoms with E-state index in [-0.39, 0.29) is 12.6 Å². The van der Waals surface area contributed by atoms with Crippen LogP contribution in [0.15, 0.2) is 12.1 Å². The van der Waals surface area contributed by atoms with E-state index in [0.717, 1.165) is 18.6 Å². The Morgan fingerprint density at radius 2 is 1.87 bits per heavy atom. The predicted molar refractivity (Wildman–Crippen MR) is 79.6 cm³/mol. The van der Waals surface area contributed by atoms with Gasteiger partial charge in [0.2, 0.25) is 0 Å². The summed E-state index contributed by atoms with van der Waals surface area (Å²) < 4.78 is 39.6. The molecule has 1 aliphatic heterocycles. The molecule has 1 aliphatic rings. The molecule has 1 atom stereocenters. The second-order valence-electron chi connectivity index (χ2n) is 5.42. The molecule has 0 radical (unpaired) electrons. The zero-order chi connectivity index (χ0) is 17.0. The van der Waals surface area contributed by atoms with Crippen LogP contribution in [0.5, 0.6) is 0 Å². The van der Waals surface area contributed by atoms with E-state index in [0.29, 0.717) is 26.2 Å². The van der Waals surface area contributed by atoms with Crippen molar-refractivity contribution in [3.8, 4) is 0 Å². The van der Waals surface area contributed by atoms with E-state index in [1.807, 2.05) is 6.92 Å². The molecule has 128 valence electrons. The number of nitrogens with one attached hydrogen (secondary N) is 1. The monoisotopic (exact) mass is 331 g/mol. The summed E-state index contributed by atoms with van der Waals surface area (Å²) in [4.78, 5) is 15.7. The van der Waals surface area contributed by atoms with Crippen LogP contribution < -0.4 is 5.32 Å². The maximum absolute atomic E-state index is 13.6. The first kappa shape index (κ1) is 17.6. The quantitative estimate of drug-likeness (QED) is 0.830. The van der Waals surface area contributed by atoms with Crippen molar-refractivity contribution in [2.75, 3.05) is 38.1 Å². The minimum absolute atomic E-state index is 0.0583. The largest absolute Gasteiger partial charge is 0.395 e. The van der Waals surface area contributed by atoms with Gasteiger partial charge in [-0.25, -0.2) is 18.0 Å². The second-order valence-corrected chi connectivity index (χ2v) is 5.42. The van der Waals surface area contributed by atoms with Gasteiger partial charge in [-0.1, -0.05) is 6.92 Å². The number of carbonyl (C=O) groups is 1. The summed E-state index contributed by atoms with van der Waals surface area (Å²) in [5.74, 6) is -4.33. The van der Waals surface area contributed by atoms with Gasteiger partial charge in [-0.05, 0) is 18.6 Å². The minimum Gasteiger partial charge on any atom is -0.395 e. The lowest BCUT2D eigenvalue weighted by Gasteiger charge is -2.38. The van der Waals surface area contributed by atoms with E-state index in [9.17, 15) is 23.1 Å². The van der Waals surface area contributed by atoms with Crippen molar-refractivity contribution in [1.82, 2.24) is 9.80 Å². The minimum atomic E-state index is -1.61. The zero-order valence-corrected chi connectivity index (χ0v) is 12.9. The highest BCUT2D eigenvalue weighted by Gasteiger charge is 2.25. The summed E-state index contributed by atoms with van der Waals surface area (Å²) >= 11 is 0. The maximum atomic E-state index is 13.6. The number of hydrogen-bond donors (Lipinski definition) is 2. The van der Waals surface area contributed by atoms with Gasteiger partial charge in [-0.3, -0.25) is 4.90 Å². The first-order valence-electron chi connectivity index (χ1n) is 7.52. The van der Waals surface area contributed by atoms with Crippen molar-refractivity contribution in [2.24, 2.45) is 0 Å². The van der Waals surface area contributed by atoms with Crippen LogP contribution in [-0.2, 0) is 0 Å². The molecule has 23 heavy (non-hydrogen) atoms. The van der Waals surface area contributed by atoms with Crippen LogP contribution in [-0.4, -0.2) is 59.8 Å². The fourth-order valence-electron chi connectivity index (χ4n) is 2.61. The maximum Gasteiger partial charge on any atom is 0.322 e. The number of piperazine rings is 1. The summed E-state index contributed by atoms with van der Waals surface area (Å²) in [6, 6.07) is 1.25. The lowest BCUT2D eigenvalue weighted by atomic mass is 10.2. The molecule has 1 saturated heterocycles. The van der Waals surface area contributed by atoms with Gasteiger partial charge in [0.15, 0.2) is 17.5 Å². The second kappa shape index (κ2) is 7.65. The Hall–Kier alpha value is -1.80. The van der Waals surface area contributed by atoms with Crippen molar-refractivity contribution in [3.63, 3.8) is 0 Å². The number of urea groups is 1. The first-order chi connectivity index (χ1) is 11.0. The molecule has 2 rings (SSSR count). The summed E-state index contributed by atoms with van der Waals surface area (Å²) in [5, 5.41) is 11.5. The molecule has 1 unspecified atom stereocenters. The van der Waals surface area contributed by atoms with Gasteiger partial charge in [-0.2, -0.15) is 0 Å². The lowest BCUT2D eigenvalue weighted by molar-refractivity contribution is 0.0765. The summed E-state index contributed by atoms with van der Waals surface area (Å²) in [6.45, 7) is 4.04. The normalized spacial score (nSPS) is 17.2. The topological polar surface area (TPSA) is 55.8 Å². The number of anilines is 1. The van der Waals surface area contributed by atoms with Gasteiger partial charge in [-0.15, -0.1) is 0 Å². The van der Waals surface area contributed by atoms with Crippen molar-refractivity contribution in [3.05, 3.63) is 29.6 Å². The van der Waals surface area contributed by atoms with Crippen LogP contribution >= 0.6 is 0 Å². The predicted octanol–water partition coefficient (Wildman–Crippen LogP) is 2.02. The van der Waals surface area contributed by atoms with Crippen molar-refractivity contribution < 1.29 is 23.1 Å². The molecule has 0 aliphatic carbocycles. The molecule has 1 aromatic carbocycles. The number of carbonyl (C=O) groups excluding carboxylic acids is 1. The van der Waals surface area contributed by atoms with Gasteiger partial charge < -0.3 is 15.3 Å². The molecule has 5 nitrogen and oxygen atoms in total. The third kappa shape index (κ3) is 3.94. The van der Waals surface area contributed by atoms with E-state index in [4.69, 9.17) is 0 Å². The first-order valence-corrected chi connectivity index (χ1v) is 7.52. The fourth-order valence-corrected chi connectivity index (χ4v) is 2.61. The summed E-state index contributed by atoms with van der Waals surface area (Å²) in [7, 11) is 0. The molecule has 2 amide bonds. The number of amides is 2. The highest BCUT2D eigenvalue weighted by Crippen LogP contribution is 2.20. The number of aliphatic hydroxyl groups is 1. The van der Waals surface area contributed by atoms with Crippen molar-refractivity contribution in [2.45, 2.75) is 19.4 Å². The molecular formula is C15H20F3N3O2. The average molecular weight is 331 g/mol. The summed E-state index contributed by atoms with van der Waals surface area (Å²) in [5.41, 5.74) is -0.391. The molecular weight excluding hydrogens is 311 g/mol. The third-order valence-electron chi connectivity index (χ3n) is 4.08. The molecule has 1 fully saturated rings. The molecule has 2 N–H and O–H groups in total. The zero-order valence-electron chi connectivity index (χ0n) is 12.9. The number of rotatable bonds is 4. The molecule has 0 aromatic heterocycles. The van der Waals surface area contributed by atoms with E-state index < -0.39 is 29.2 Å². The van der Waals surface area contributed by atoms with Crippen molar-refractivity contribution in [1.29, 1.82) is 0 Å². The van der Waals surface area contributed by atoms with E-state index in [1.54, 1.807) is 0 Å². The highest BCUT2D eigenvalue weighted by molar-refractivity contribution is 5.89. The van der Waals surface area contributed by atoms with E-state index in [1.165, 1.54) is 4.90 Å². The van der Waals surface area contributed by atoms with Gasteiger partial charge >= 0.3 is 6.03 Å². The Kier molecular flexibility index (Phi) is 5.84. The smallest absolute Gasteiger partial charge is 0.322 e. The molecule has 1 aromatic rings. The molecule has 8 heteroatoms. The number of hydrogen-bond acceptors (Lipinski definition) is 3. The van der Waals surface area contributed by atoms with Crippen molar-refractivity contribution >= 4 is 11.7 Å². The molecule has 0 saturated carbocycles. The average Bonchev–Trinajstić information content (AvgIpc) is 2.57. The van der Waals surface area contributed by atoms with Crippen LogP contribution in [0.1, 0.15) is 13.3 Å². The number of nitrogens with zero attached hydrogens (tertiary/aromatic N) is 2. The van der Waals surface area contributed by atoms with E-state index in [2.05, 4.69) is 10.2 Å². The van der Waals surface area contributed by atoms with Crippen LogP contribution in [0.25, 0.3) is 0 Å². The number of halogens is 3. The van der Waals surface area contributed by atoms with Crippen LogP contribution in [0, 0.1) is 17.5 Å². The van der Waals surface area contributed by atoms with Gasteiger partial charge in [0.1, 0.15) is 0 Å². The third-order valence-corrected chi connectivity index (χ3v) is 4.08. The molecule has 0 bridgehead atoms. The Morgan fingerprint density at radius 3 is 2.43 bits per heavy atom. The molecule has 1 heterocycles. The highest BCUT2D eigenvalue weighted by atomic mass is 19.2. The number of aliphatic hydroxyl groups excluding tert-OH is 1. The van der Waals surface area contributed by atoms with Crippen LogP contribution in [0.4, 0.5) is 23.7 Å². The van der Waals surface area contributed by atoms with Gasteiger partial charge in [0, 0.05) is 32.2 Å². The Bertz CT molecular complexity index is 559. The van der Waals surface area contributed by atoms with Crippen LogP contribution in [0.3, 0.4) is 0 Å². The molecule has 0 spiro atoms. The Morgan fingerprint density at radius 1 is 1.22 bits per heavy atom. The standard InChI is InChI=1S/C15H20F3N3O2/c1-2-10(9-22)20-5-7-21(8-6-20)15(23)19-12-4-3-11(16)13(17)14(12)18/h3-4,10,22H,2,5-9H2,1H3,(H,19,23). The van der Waals surface area contributed by atoms with Crippen LogP contribution in [0.2, 0.25) is 0 Å². The number of benzene rings is 1. The summed E-state index contributed by atoms with van der Waals surface area (Å²) in [6.07, 6.45) is 0.808.